The van der Waals surface area contributed by atoms with Crippen LogP contribution in [0.15, 0.2) is 0 Å². The second kappa shape index (κ2) is 5.93. The Bertz CT molecular complexity index is 350. The maximum atomic E-state index is 12.4. The van der Waals surface area contributed by atoms with Gasteiger partial charge in [0.1, 0.15) is 5.54 Å². The topological polar surface area (TPSA) is 49.4 Å². The van der Waals surface area contributed by atoms with Gasteiger partial charge < -0.3 is 10.2 Å². The SMILES string of the molecule is CCC1(C)NC(=O)CN(CCCC2CCCC2)C1=O. The minimum absolute atomic E-state index is 0.0233. The van der Waals surface area contributed by atoms with Crippen molar-refractivity contribution in [3.63, 3.8) is 0 Å². The zero-order valence-corrected chi connectivity index (χ0v) is 12.2. The monoisotopic (exact) mass is 266 g/mol. The van der Waals surface area contributed by atoms with E-state index in [1.807, 2.05) is 13.8 Å². The second-order valence-electron chi connectivity index (χ2n) is 6.25. The van der Waals surface area contributed by atoms with E-state index in [4.69, 9.17) is 0 Å². The molecule has 1 unspecified atom stereocenters. The largest absolute Gasteiger partial charge is 0.340 e. The van der Waals surface area contributed by atoms with Crippen molar-refractivity contribution in [2.45, 2.75) is 64.3 Å². The Kier molecular flexibility index (Phi) is 4.48. The van der Waals surface area contributed by atoms with Gasteiger partial charge in [0.2, 0.25) is 11.8 Å². The highest BCUT2D eigenvalue weighted by Crippen LogP contribution is 2.28. The van der Waals surface area contributed by atoms with Crippen LogP contribution in [0, 0.1) is 5.92 Å². The molecular formula is C15H26N2O2. The fourth-order valence-electron chi connectivity index (χ4n) is 3.28. The van der Waals surface area contributed by atoms with Gasteiger partial charge in [0.25, 0.3) is 0 Å². The highest BCUT2D eigenvalue weighted by molar-refractivity contribution is 5.97. The molecule has 2 amide bonds. The lowest BCUT2D eigenvalue weighted by molar-refractivity contribution is -0.149. The van der Waals surface area contributed by atoms with E-state index in [1.165, 1.54) is 32.1 Å². The van der Waals surface area contributed by atoms with E-state index in [-0.39, 0.29) is 18.4 Å². The zero-order chi connectivity index (χ0) is 13.9. The smallest absolute Gasteiger partial charge is 0.248 e. The Hall–Kier alpha value is -1.06. The molecule has 4 nitrogen and oxygen atoms in total. The van der Waals surface area contributed by atoms with Crippen LogP contribution in [0.25, 0.3) is 0 Å². The molecule has 0 radical (unpaired) electrons. The Morgan fingerprint density at radius 3 is 2.63 bits per heavy atom. The molecule has 0 aromatic heterocycles. The molecule has 1 saturated carbocycles. The van der Waals surface area contributed by atoms with Crippen LogP contribution in [0.2, 0.25) is 0 Å². The van der Waals surface area contributed by atoms with Crippen molar-refractivity contribution < 1.29 is 9.59 Å². The Balaban J connectivity index is 1.84. The Morgan fingerprint density at radius 2 is 2.00 bits per heavy atom. The first-order valence-electron chi connectivity index (χ1n) is 7.65. The number of rotatable bonds is 5. The van der Waals surface area contributed by atoms with Gasteiger partial charge in [-0.15, -0.1) is 0 Å². The first-order valence-corrected chi connectivity index (χ1v) is 7.65. The van der Waals surface area contributed by atoms with Crippen LogP contribution in [0.5, 0.6) is 0 Å². The summed E-state index contributed by atoms with van der Waals surface area (Å²) in [5.74, 6) is 0.914. The van der Waals surface area contributed by atoms with Gasteiger partial charge in [0, 0.05) is 6.54 Å². The highest BCUT2D eigenvalue weighted by atomic mass is 16.2. The summed E-state index contributed by atoms with van der Waals surface area (Å²) in [7, 11) is 0. The summed E-state index contributed by atoms with van der Waals surface area (Å²) < 4.78 is 0. The number of nitrogens with zero attached hydrogens (tertiary/aromatic N) is 1. The summed E-state index contributed by atoms with van der Waals surface area (Å²) in [5, 5.41) is 2.82. The van der Waals surface area contributed by atoms with Crippen molar-refractivity contribution in [2.24, 2.45) is 5.92 Å². The molecule has 1 aliphatic heterocycles. The van der Waals surface area contributed by atoms with E-state index in [2.05, 4.69) is 5.32 Å². The molecule has 0 bridgehead atoms. The molecule has 1 aliphatic carbocycles. The van der Waals surface area contributed by atoms with Crippen LogP contribution in [0.1, 0.15) is 58.8 Å². The number of nitrogens with one attached hydrogen (secondary N) is 1. The summed E-state index contributed by atoms with van der Waals surface area (Å²) >= 11 is 0. The minimum atomic E-state index is -0.692. The fourth-order valence-corrected chi connectivity index (χ4v) is 3.28. The van der Waals surface area contributed by atoms with Crippen molar-refractivity contribution in [3.8, 4) is 0 Å². The van der Waals surface area contributed by atoms with Gasteiger partial charge in [0.05, 0.1) is 6.54 Å². The lowest BCUT2D eigenvalue weighted by atomic mass is 9.94. The van der Waals surface area contributed by atoms with E-state index in [9.17, 15) is 9.59 Å². The first-order chi connectivity index (χ1) is 9.05. The average Bonchev–Trinajstić information content (AvgIpc) is 2.88. The third-order valence-corrected chi connectivity index (χ3v) is 4.73. The normalized spacial score (nSPS) is 28.8. The van der Waals surface area contributed by atoms with Gasteiger partial charge in [0.15, 0.2) is 0 Å². The number of piperazine rings is 1. The summed E-state index contributed by atoms with van der Waals surface area (Å²) in [5.41, 5.74) is -0.692. The van der Waals surface area contributed by atoms with Crippen LogP contribution in [-0.4, -0.2) is 35.3 Å². The Morgan fingerprint density at radius 1 is 1.32 bits per heavy atom. The molecule has 1 atom stereocenters. The van der Waals surface area contributed by atoms with Crippen molar-refractivity contribution >= 4 is 11.8 Å². The van der Waals surface area contributed by atoms with E-state index in [1.54, 1.807) is 4.90 Å². The van der Waals surface area contributed by atoms with Crippen LogP contribution in [-0.2, 0) is 9.59 Å². The molecule has 1 N–H and O–H groups in total. The molecule has 0 aromatic carbocycles. The maximum Gasteiger partial charge on any atom is 0.248 e. The third-order valence-electron chi connectivity index (χ3n) is 4.73. The van der Waals surface area contributed by atoms with Crippen LogP contribution in [0.4, 0.5) is 0 Å². The predicted molar refractivity (Wildman–Crippen MR) is 74.6 cm³/mol. The molecule has 2 aliphatic rings. The standard InChI is InChI=1S/C15H26N2O2/c1-3-15(2)14(19)17(11-13(18)16-15)10-6-9-12-7-4-5-8-12/h12H,3-11H2,1-2H3,(H,16,18). The molecule has 1 saturated heterocycles. The molecule has 4 heteroatoms. The van der Waals surface area contributed by atoms with Gasteiger partial charge >= 0.3 is 0 Å². The van der Waals surface area contributed by atoms with Gasteiger partial charge in [-0.1, -0.05) is 32.6 Å². The highest BCUT2D eigenvalue weighted by Gasteiger charge is 2.41. The Labute approximate surface area is 115 Å². The van der Waals surface area contributed by atoms with Gasteiger partial charge in [-0.3, -0.25) is 9.59 Å². The first kappa shape index (κ1) is 14.4. The van der Waals surface area contributed by atoms with Gasteiger partial charge in [-0.05, 0) is 32.1 Å². The molecule has 0 spiro atoms. The van der Waals surface area contributed by atoms with Crippen molar-refractivity contribution in [2.75, 3.05) is 13.1 Å². The van der Waals surface area contributed by atoms with Crippen molar-refractivity contribution in [1.29, 1.82) is 0 Å². The minimum Gasteiger partial charge on any atom is -0.340 e. The second-order valence-corrected chi connectivity index (χ2v) is 6.25. The fraction of sp³-hybridized carbons (Fsp3) is 0.867. The molecule has 19 heavy (non-hydrogen) atoms. The molecule has 2 fully saturated rings. The average molecular weight is 266 g/mol. The molecule has 0 aromatic rings. The lowest BCUT2D eigenvalue weighted by Crippen LogP contribution is -2.65. The summed E-state index contributed by atoms with van der Waals surface area (Å²) in [6.45, 7) is 4.74. The number of carbonyl (C=O) groups excluding carboxylic acids is 2. The summed E-state index contributed by atoms with van der Waals surface area (Å²) in [6, 6.07) is 0. The number of carbonyl (C=O) groups is 2. The van der Waals surface area contributed by atoms with Gasteiger partial charge in [-0.2, -0.15) is 0 Å². The maximum absolute atomic E-state index is 12.4. The van der Waals surface area contributed by atoms with Crippen LogP contribution >= 0.6 is 0 Å². The third kappa shape index (κ3) is 3.28. The predicted octanol–water partition coefficient (Wildman–Crippen LogP) is 2.08. The molecule has 108 valence electrons. The molecular weight excluding hydrogens is 240 g/mol. The molecule has 2 rings (SSSR count). The van der Waals surface area contributed by atoms with E-state index in [0.717, 1.165) is 18.9 Å². The lowest BCUT2D eigenvalue weighted by Gasteiger charge is -2.39. The number of hydrogen-bond donors (Lipinski definition) is 1. The zero-order valence-electron chi connectivity index (χ0n) is 12.2. The summed E-state index contributed by atoms with van der Waals surface area (Å²) in [4.78, 5) is 25.8. The van der Waals surface area contributed by atoms with Crippen molar-refractivity contribution in [1.82, 2.24) is 10.2 Å². The number of amides is 2. The van der Waals surface area contributed by atoms with E-state index >= 15 is 0 Å². The van der Waals surface area contributed by atoms with Gasteiger partial charge in [-0.25, -0.2) is 0 Å². The van der Waals surface area contributed by atoms with E-state index < -0.39 is 5.54 Å². The summed E-state index contributed by atoms with van der Waals surface area (Å²) in [6.07, 6.45) is 8.31. The number of hydrogen-bond acceptors (Lipinski definition) is 2. The molecule has 1 heterocycles. The van der Waals surface area contributed by atoms with Crippen LogP contribution in [0.3, 0.4) is 0 Å². The quantitative estimate of drug-likeness (QED) is 0.828. The van der Waals surface area contributed by atoms with Crippen molar-refractivity contribution in [3.05, 3.63) is 0 Å². The van der Waals surface area contributed by atoms with Crippen LogP contribution < -0.4 is 5.32 Å². The van der Waals surface area contributed by atoms with E-state index in [0.29, 0.717) is 6.42 Å².